The predicted octanol–water partition coefficient (Wildman–Crippen LogP) is 2.79. The Labute approximate surface area is 112 Å². The largest absolute Gasteiger partial charge is 0.453 e. The summed E-state index contributed by atoms with van der Waals surface area (Å²) in [7, 11) is 1.29. The standard InChI is InChI=1S/C13H19N3O3/c1-3-4-8-14-12(17)15-10-6-5-7-11(9-10)16-13(18)19-2/h5-7,9H,3-4,8H2,1-2H3,(H,16,18)(H2,14,15,17). The zero-order valence-electron chi connectivity index (χ0n) is 11.2. The van der Waals surface area contributed by atoms with E-state index in [1.807, 2.05) is 0 Å². The van der Waals surface area contributed by atoms with E-state index < -0.39 is 6.09 Å². The number of hydrogen-bond donors (Lipinski definition) is 3. The number of amides is 3. The third-order valence-corrected chi connectivity index (χ3v) is 2.37. The second-order valence-corrected chi connectivity index (χ2v) is 3.93. The summed E-state index contributed by atoms with van der Waals surface area (Å²) in [5, 5.41) is 7.96. The van der Waals surface area contributed by atoms with E-state index in [1.165, 1.54) is 7.11 Å². The quantitative estimate of drug-likeness (QED) is 0.716. The van der Waals surface area contributed by atoms with Gasteiger partial charge in [-0.2, -0.15) is 0 Å². The van der Waals surface area contributed by atoms with Crippen molar-refractivity contribution >= 4 is 23.5 Å². The molecule has 6 nitrogen and oxygen atoms in total. The molecule has 0 heterocycles. The van der Waals surface area contributed by atoms with E-state index in [-0.39, 0.29) is 6.03 Å². The minimum Gasteiger partial charge on any atom is -0.453 e. The Morgan fingerprint density at radius 3 is 2.53 bits per heavy atom. The molecular weight excluding hydrogens is 246 g/mol. The van der Waals surface area contributed by atoms with Crippen LogP contribution in [0.2, 0.25) is 0 Å². The van der Waals surface area contributed by atoms with Gasteiger partial charge >= 0.3 is 12.1 Å². The molecule has 1 aromatic rings. The van der Waals surface area contributed by atoms with Crippen LogP contribution < -0.4 is 16.0 Å². The molecule has 104 valence electrons. The van der Waals surface area contributed by atoms with Crippen LogP contribution in [0.4, 0.5) is 21.0 Å². The Bertz CT molecular complexity index is 435. The fourth-order valence-corrected chi connectivity index (χ4v) is 1.40. The third-order valence-electron chi connectivity index (χ3n) is 2.37. The smallest absolute Gasteiger partial charge is 0.411 e. The van der Waals surface area contributed by atoms with Crippen LogP contribution in [-0.2, 0) is 4.74 Å². The number of carbonyl (C=O) groups is 2. The van der Waals surface area contributed by atoms with Crippen molar-refractivity contribution in [3.05, 3.63) is 24.3 Å². The van der Waals surface area contributed by atoms with Gasteiger partial charge in [-0.1, -0.05) is 19.4 Å². The summed E-state index contributed by atoms with van der Waals surface area (Å²) in [6.07, 6.45) is 1.42. The molecule has 0 saturated heterocycles. The molecule has 1 aromatic carbocycles. The minimum atomic E-state index is -0.551. The van der Waals surface area contributed by atoms with Crippen LogP contribution in [0, 0.1) is 0 Å². The molecule has 6 heteroatoms. The van der Waals surface area contributed by atoms with E-state index in [0.717, 1.165) is 12.8 Å². The van der Waals surface area contributed by atoms with Gasteiger partial charge in [0.05, 0.1) is 7.11 Å². The lowest BCUT2D eigenvalue weighted by Crippen LogP contribution is -2.29. The van der Waals surface area contributed by atoms with Gasteiger partial charge in [-0.25, -0.2) is 9.59 Å². The van der Waals surface area contributed by atoms with Gasteiger partial charge in [0.1, 0.15) is 0 Å². The molecule has 0 bridgehead atoms. The highest BCUT2D eigenvalue weighted by Gasteiger charge is 2.04. The Balaban J connectivity index is 2.52. The monoisotopic (exact) mass is 265 g/mol. The molecule has 0 spiro atoms. The molecule has 0 aliphatic carbocycles. The van der Waals surface area contributed by atoms with Crippen LogP contribution >= 0.6 is 0 Å². The highest BCUT2D eigenvalue weighted by atomic mass is 16.5. The lowest BCUT2D eigenvalue weighted by molar-refractivity contribution is 0.187. The van der Waals surface area contributed by atoms with Gasteiger partial charge in [-0.3, -0.25) is 5.32 Å². The van der Waals surface area contributed by atoms with Crippen LogP contribution in [0.3, 0.4) is 0 Å². The third kappa shape index (κ3) is 5.76. The van der Waals surface area contributed by atoms with Crippen molar-refractivity contribution in [1.29, 1.82) is 0 Å². The van der Waals surface area contributed by atoms with Gasteiger partial charge in [0.2, 0.25) is 0 Å². The van der Waals surface area contributed by atoms with Gasteiger partial charge < -0.3 is 15.4 Å². The molecule has 0 fully saturated rings. The Morgan fingerprint density at radius 1 is 1.21 bits per heavy atom. The highest BCUT2D eigenvalue weighted by Crippen LogP contribution is 2.15. The number of unbranched alkanes of at least 4 members (excludes halogenated alkanes) is 1. The molecule has 1 rings (SSSR count). The van der Waals surface area contributed by atoms with Gasteiger partial charge in [-0.15, -0.1) is 0 Å². The van der Waals surface area contributed by atoms with E-state index in [9.17, 15) is 9.59 Å². The number of hydrogen-bond acceptors (Lipinski definition) is 3. The normalized spacial score (nSPS) is 9.58. The van der Waals surface area contributed by atoms with Crippen molar-refractivity contribution in [3.63, 3.8) is 0 Å². The average molecular weight is 265 g/mol. The number of nitrogens with one attached hydrogen (secondary N) is 3. The Kier molecular flexibility index (Phi) is 6.21. The van der Waals surface area contributed by atoms with Crippen LogP contribution in [0.1, 0.15) is 19.8 Å². The molecule has 19 heavy (non-hydrogen) atoms. The van der Waals surface area contributed by atoms with Crippen molar-refractivity contribution in [1.82, 2.24) is 5.32 Å². The number of ether oxygens (including phenoxy) is 1. The van der Waals surface area contributed by atoms with Gasteiger partial charge in [0, 0.05) is 17.9 Å². The summed E-state index contributed by atoms with van der Waals surface area (Å²) in [5.41, 5.74) is 1.15. The second-order valence-electron chi connectivity index (χ2n) is 3.93. The molecule has 0 saturated carbocycles. The maximum Gasteiger partial charge on any atom is 0.411 e. The van der Waals surface area contributed by atoms with Gasteiger partial charge in [-0.05, 0) is 24.6 Å². The summed E-state index contributed by atoms with van der Waals surface area (Å²) in [4.78, 5) is 22.6. The SMILES string of the molecule is CCCCNC(=O)Nc1cccc(NC(=O)OC)c1. The van der Waals surface area contributed by atoms with Crippen molar-refractivity contribution < 1.29 is 14.3 Å². The summed E-state index contributed by atoms with van der Waals surface area (Å²) >= 11 is 0. The van der Waals surface area contributed by atoms with E-state index >= 15 is 0 Å². The predicted molar refractivity (Wildman–Crippen MR) is 74.4 cm³/mol. The molecule has 0 aliphatic heterocycles. The molecule has 0 radical (unpaired) electrons. The molecule has 0 aromatic heterocycles. The number of methoxy groups -OCH3 is 1. The van der Waals surface area contributed by atoms with Crippen LogP contribution in [0.15, 0.2) is 24.3 Å². The lowest BCUT2D eigenvalue weighted by atomic mass is 10.3. The molecule has 3 amide bonds. The molecular formula is C13H19N3O3. The molecule has 0 atom stereocenters. The van der Waals surface area contributed by atoms with E-state index in [1.54, 1.807) is 24.3 Å². The van der Waals surface area contributed by atoms with Crippen LogP contribution in [-0.4, -0.2) is 25.8 Å². The lowest BCUT2D eigenvalue weighted by Gasteiger charge is -2.09. The van der Waals surface area contributed by atoms with Crippen LogP contribution in [0.25, 0.3) is 0 Å². The summed E-state index contributed by atoms with van der Waals surface area (Å²) in [6.45, 7) is 2.70. The van der Waals surface area contributed by atoms with Crippen molar-refractivity contribution in [2.45, 2.75) is 19.8 Å². The fraction of sp³-hybridized carbons (Fsp3) is 0.385. The highest BCUT2D eigenvalue weighted by molar-refractivity contribution is 5.91. The number of anilines is 2. The van der Waals surface area contributed by atoms with Crippen molar-refractivity contribution in [2.75, 3.05) is 24.3 Å². The van der Waals surface area contributed by atoms with E-state index in [4.69, 9.17) is 0 Å². The second kappa shape index (κ2) is 7.97. The van der Waals surface area contributed by atoms with Crippen molar-refractivity contribution in [2.24, 2.45) is 0 Å². The first-order chi connectivity index (χ1) is 9.15. The zero-order chi connectivity index (χ0) is 14.1. The fourth-order valence-electron chi connectivity index (χ4n) is 1.40. The summed E-state index contributed by atoms with van der Waals surface area (Å²) in [5.74, 6) is 0. The van der Waals surface area contributed by atoms with Gasteiger partial charge in [0.15, 0.2) is 0 Å². The molecule has 0 aliphatic rings. The van der Waals surface area contributed by atoms with Crippen molar-refractivity contribution in [3.8, 4) is 0 Å². The average Bonchev–Trinajstić information content (AvgIpc) is 2.39. The summed E-state index contributed by atoms with van der Waals surface area (Å²) in [6, 6.07) is 6.56. The first-order valence-corrected chi connectivity index (χ1v) is 6.15. The first kappa shape index (κ1) is 14.8. The molecule has 3 N–H and O–H groups in total. The molecule has 0 unspecified atom stereocenters. The number of rotatable bonds is 5. The number of benzene rings is 1. The zero-order valence-corrected chi connectivity index (χ0v) is 11.2. The van der Waals surface area contributed by atoms with E-state index in [2.05, 4.69) is 27.6 Å². The number of urea groups is 1. The topological polar surface area (TPSA) is 79.5 Å². The van der Waals surface area contributed by atoms with E-state index in [0.29, 0.717) is 17.9 Å². The minimum absolute atomic E-state index is 0.260. The Morgan fingerprint density at radius 2 is 1.89 bits per heavy atom. The maximum absolute atomic E-state index is 11.5. The van der Waals surface area contributed by atoms with Gasteiger partial charge in [0.25, 0.3) is 0 Å². The first-order valence-electron chi connectivity index (χ1n) is 6.15. The Hall–Kier alpha value is -2.24. The van der Waals surface area contributed by atoms with Crippen LogP contribution in [0.5, 0.6) is 0 Å². The summed E-state index contributed by atoms with van der Waals surface area (Å²) < 4.78 is 4.49. The maximum atomic E-state index is 11.5. The number of carbonyl (C=O) groups excluding carboxylic acids is 2.